The highest BCUT2D eigenvalue weighted by Gasteiger charge is 2.08. The van der Waals surface area contributed by atoms with Crippen molar-refractivity contribution in [1.29, 1.82) is 0 Å². The lowest BCUT2D eigenvalue weighted by atomic mass is 10.2. The van der Waals surface area contributed by atoms with Crippen molar-refractivity contribution in [3.8, 4) is 5.75 Å². The van der Waals surface area contributed by atoms with Gasteiger partial charge in [0.1, 0.15) is 12.4 Å². The van der Waals surface area contributed by atoms with Crippen LogP contribution in [-0.2, 0) is 13.0 Å². The monoisotopic (exact) mass is 272 g/mol. The zero-order chi connectivity index (χ0) is 14.4. The fourth-order valence-corrected chi connectivity index (χ4v) is 2.30. The second-order valence-electron chi connectivity index (χ2n) is 5.04. The lowest BCUT2D eigenvalue weighted by Gasteiger charge is -2.12. The third-order valence-corrected chi connectivity index (χ3v) is 3.70. The van der Waals surface area contributed by atoms with Crippen LogP contribution >= 0.6 is 0 Å². The molecule has 1 aromatic carbocycles. The summed E-state index contributed by atoms with van der Waals surface area (Å²) in [5.74, 6) is 0.902. The number of hydrogen-bond donors (Lipinski definition) is 0. The first kappa shape index (κ1) is 14.6. The maximum atomic E-state index is 5.78. The second-order valence-corrected chi connectivity index (χ2v) is 5.04. The predicted octanol–water partition coefficient (Wildman–Crippen LogP) is 4.39. The second kappa shape index (κ2) is 7.13. The molecule has 0 aliphatic carbocycles. The molecule has 2 rings (SSSR count). The van der Waals surface area contributed by atoms with Crippen LogP contribution in [0, 0.1) is 0 Å². The summed E-state index contributed by atoms with van der Waals surface area (Å²) in [6.07, 6.45) is 5.32. The molecule has 108 valence electrons. The number of nitrogens with zero attached hydrogens (tertiary/aromatic N) is 2. The highest BCUT2D eigenvalue weighted by molar-refractivity contribution is 5.27. The van der Waals surface area contributed by atoms with Gasteiger partial charge in [-0.2, -0.15) is 5.10 Å². The molecule has 3 nitrogen and oxygen atoms in total. The Morgan fingerprint density at radius 1 is 1.05 bits per heavy atom. The highest BCUT2D eigenvalue weighted by Crippen LogP contribution is 2.16. The van der Waals surface area contributed by atoms with Crippen LogP contribution in [0.25, 0.3) is 0 Å². The molecule has 1 heterocycles. The van der Waals surface area contributed by atoms with E-state index in [1.165, 1.54) is 5.56 Å². The van der Waals surface area contributed by atoms with Gasteiger partial charge in [0.25, 0.3) is 0 Å². The fraction of sp³-hybridized carbons (Fsp3) is 0.471. The average Bonchev–Trinajstić information content (AvgIpc) is 2.96. The van der Waals surface area contributed by atoms with Crippen molar-refractivity contribution in [2.75, 3.05) is 0 Å². The third-order valence-electron chi connectivity index (χ3n) is 3.70. The minimum atomic E-state index is 0.493. The van der Waals surface area contributed by atoms with Gasteiger partial charge in [0.15, 0.2) is 0 Å². The Morgan fingerprint density at radius 3 is 2.35 bits per heavy atom. The first-order valence-electron chi connectivity index (χ1n) is 7.52. The molecule has 2 aromatic rings. The van der Waals surface area contributed by atoms with Gasteiger partial charge >= 0.3 is 0 Å². The molecule has 20 heavy (non-hydrogen) atoms. The number of aryl methyl sites for hydroxylation is 1. The van der Waals surface area contributed by atoms with Crippen molar-refractivity contribution >= 4 is 0 Å². The third kappa shape index (κ3) is 3.62. The van der Waals surface area contributed by atoms with Crippen LogP contribution in [-0.4, -0.2) is 9.78 Å². The van der Waals surface area contributed by atoms with E-state index in [0.717, 1.165) is 30.7 Å². The number of hydrogen-bond acceptors (Lipinski definition) is 2. The Bertz CT molecular complexity index is 512. The largest absolute Gasteiger partial charge is 0.487 e. The van der Waals surface area contributed by atoms with Gasteiger partial charge in [0.05, 0.1) is 11.7 Å². The van der Waals surface area contributed by atoms with Crippen molar-refractivity contribution in [2.45, 2.75) is 52.7 Å². The zero-order valence-corrected chi connectivity index (χ0v) is 12.7. The van der Waals surface area contributed by atoms with Gasteiger partial charge in [0, 0.05) is 6.20 Å². The van der Waals surface area contributed by atoms with Crippen molar-refractivity contribution in [1.82, 2.24) is 9.78 Å². The molecule has 0 spiro atoms. The lowest BCUT2D eigenvalue weighted by Crippen LogP contribution is -2.08. The summed E-state index contributed by atoms with van der Waals surface area (Å²) in [5, 5.41) is 4.59. The van der Waals surface area contributed by atoms with E-state index in [0.29, 0.717) is 12.6 Å². The summed E-state index contributed by atoms with van der Waals surface area (Å²) in [4.78, 5) is 0. The van der Waals surface area contributed by atoms with Gasteiger partial charge < -0.3 is 4.74 Å². The molecule has 0 unspecified atom stereocenters. The molecular formula is C17H24N2O. The summed E-state index contributed by atoms with van der Waals surface area (Å²) in [7, 11) is 0. The van der Waals surface area contributed by atoms with E-state index in [4.69, 9.17) is 4.74 Å². The van der Waals surface area contributed by atoms with Gasteiger partial charge in [-0.25, -0.2) is 0 Å². The maximum absolute atomic E-state index is 5.78. The van der Waals surface area contributed by atoms with E-state index in [2.05, 4.69) is 48.9 Å². The van der Waals surface area contributed by atoms with Crippen LogP contribution in [0.3, 0.4) is 0 Å². The quantitative estimate of drug-likeness (QED) is 0.747. The summed E-state index contributed by atoms with van der Waals surface area (Å²) in [6, 6.07) is 10.8. The Hall–Kier alpha value is -1.77. The van der Waals surface area contributed by atoms with Crippen LogP contribution in [0.5, 0.6) is 5.75 Å². The number of rotatable bonds is 7. The van der Waals surface area contributed by atoms with E-state index >= 15 is 0 Å². The van der Waals surface area contributed by atoms with E-state index in [1.807, 2.05) is 18.2 Å². The van der Waals surface area contributed by atoms with Crippen LogP contribution < -0.4 is 4.74 Å². The SMILES string of the molecule is CCc1ccc(OCc2ccn(C(CC)CC)n2)cc1. The normalized spacial score (nSPS) is 11.0. The number of aromatic nitrogens is 2. The summed E-state index contributed by atoms with van der Waals surface area (Å²) >= 11 is 0. The molecule has 0 saturated carbocycles. The molecule has 0 radical (unpaired) electrons. The first-order valence-corrected chi connectivity index (χ1v) is 7.52. The zero-order valence-electron chi connectivity index (χ0n) is 12.7. The molecule has 0 N–H and O–H groups in total. The van der Waals surface area contributed by atoms with E-state index in [1.54, 1.807) is 0 Å². The molecule has 0 saturated heterocycles. The maximum Gasteiger partial charge on any atom is 0.132 e. The Labute approximate surface area is 121 Å². The summed E-state index contributed by atoms with van der Waals surface area (Å²) < 4.78 is 7.83. The van der Waals surface area contributed by atoms with Gasteiger partial charge in [-0.1, -0.05) is 32.9 Å². The van der Waals surface area contributed by atoms with Gasteiger partial charge in [-0.05, 0) is 43.0 Å². The predicted molar refractivity (Wildman–Crippen MR) is 82.0 cm³/mol. The molecular weight excluding hydrogens is 248 g/mol. The molecule has 0 atom stereocenters. The minimum Gasteiger partial charge on any atom is -0.487 e. The average molecular weight is 272 g/mol. The topological polar surface area (TPSA) is 27.1 Å². The first-order chi connectivity index (χ1) is 9.76. The molecule has 1 aromatic heterocycles. The molecule has 0 aliphatic heterocycles. The number of benzene rings is 1. The van der Waals surface area contributed by atoms with Crippen LogP contribution in [0.4, 0.5) is 0 Å². The standard InChI is InChI=1S/C17H24N2O/c1-4-14-7-9-17(10-8-14)20-13-15-11-12-19(18-15)16(5-2)6-3/h7-12,16H,4-6,13H2,1-3H3. The molecule has 0 amide bonds. The van der Waals surface area contributed by atoms with Crippen LogP contribution in [0.1, 0.15) is 50.9 Å². The van der Waals surface area contributed by atoms with E-state index in [-0.39, 0.29) is 0 Å². The summed E-state index contributed by atoms with van der Waals surface area (Å²) in [6.45, 7) is 7.07. The van der Waals surface area contributed by atoms with Gasteiger partial charge in [-0.15, -0.1) is 0 Å². The van der Waals surface area contributed by atoms with Gasteiger partial charge in [-0.3, -0.25) is 4.68 Å². The smallest absolute Gasteiger partial charge is 0.132 e. The minimum absolute atomic E-state index is 0.493. The lowest BCUT2D eigenvalue weighted by molar-refractivity contribution is 0.297. The van der Waals surface area contributed by atoms with Gasteiger partial charge in [0.2, 0.25) is 0 Å². The van der Waals surface area contributed by atoms with E-state index in [9.17, 15) is 0 Å². The molecule has 0 bridgehead atoms. The number of ether oxygens (including phenoxy) is 1. The van der Waals surface area contributed by atoms with Crippen molar-refractivity contribution in [3.05, 3.63) is 47.8 Å². The van der Waals surface area contributed by atoms with Crippen LogP contribution in [0.2, 0.25) is 0 Å². The Kier molecular flexibility index (Phi) is 5.22. The Morgan fingerprint density at radius 2 is 1.75 bits per heavy atom. The van der Waals surface area contributed by atoms with Crippen molar-refractivity contribution in [3.63, 3.8) is 0 Å². The highest BCUT2D eigenvalue weighted by atomic mass is 16.5. The molecule has 0 fully saturated rings. The summed E-state index contributed by atoms with van der Waals surface area (Å²) in [5.41, 5.74) is 2.31. The molecule has 3 heteroatoms. The van der Waals surface area contributed by atoms with Crippen molar-refractivity contribution < 1.29 is 4.74 Å². The fourth-order valence-electron chi connectivity index (χ4n) is 2.30. The van der Waals surface area contributed by atoms with E-state index < -0.39 is 0 Å². The molecule has 0 aliphatic rings. The van der Waals surface area contributed by atoms with Crippen LogP contribution in [0.15, 0.2) is 36.5 Å². The Balaban J connectivity index is 1.93. The van der Waals surface area contributed by atoms with Crippen molar-refractivity contribution in [2.24, 2.45) is 0 Å².